The summed E-state index contributed by atoms with van der Waals surface area (Å²) < 4.78 is 65.6. The SMILES string of the molecule is CS(=N)(=O)c1ccc(CC2CC3(C2)CN(C(=O)N2CC[C@@H]4OCC(=O)N[C@@H]4C2)C3)cc1C(F)(F)F. The minimum atomic E-state index is -4.66. The molecule has 192 valence electrons. The highest BCUT2D eigenvalue weighted by Gasteiger charge is 2.54. The molecule has 0 radical (unpaired) electrons. The van der Waals surface area contributed by atoms with Crippen LogP contribution in [0.4, 0.5) is 18.0 Å². The van der Waals surface area contributed by atoms with Crippen molar-refractivity contribution in [3.8, 4) is 0 Å². The fourth-order valence-electron chi connectivity index (χ4n) is 6.14. The van der Waals surface area contributed by atoms with Gasteiger partial charge in [-0.05, 0) is 49.3 Å². The number of alkyl halides is 3. The lowest BCUT2D eigenvalue weighted by atomic mass is 9.56. The summed E-state index contributed by atoms with van der Waals surface area (Å²) in [7, 11) is -3.49. The van der Waals surface area contributed by atoms with Crippen molar-refractivity contribution in [1.29, 1.82) is 4.78 Å². The van der Waals surface area contributed by atoms with E-state index < -0.39 is 26.4 Å². The Balaban J connectivity index is 1.14. The van der Waals surface area contributed by atoms with Gasteiger partial charge in [0.15, 0.2) is 0 Å². The Morgan fingerprint density at radius 1 is 1.29 bits per heavy atom. The molecule has 12 heteroatoms. The first-order chi connectivity index (χ1) is 16.3. The molecule has 1 aliphatic carbocycles. The summed E-state index contributed by atoms with van der Waals surface area (Å²) in [6, 6.07) is 3.53. The molecule has 5 rings (SSSR count). The Bertz CT molecular complexity index is 1140. The van der Waals surface area contributed by atoms with Crippen molar-refractivity contribution in [2.45, 2.75) is 48.9 Å². The highest BCUT2D eigenvalue weighted by atomic mass is 32.2. The van der Waals surface area contributed by atoms with Gasteiger partial charge in [-0.2, -0.15) is 13.2 Å². The van der Waals surface area contributed by atoms with Gasteiger partial charge in [-0.25, -0.2) is 13.8 Å². The molecule has 3 aliphatic heterocycles. The van der Waals surface area contributed by atoms with Crippen molar-refractivity contribution >= 4 is 21.7 Å². The molecule has 35 heavy (non-hydrogen) atoms. The molecule has 1 aromatic rings. The van der Waals surface area contributed by atoms with Crippen LogP contribution in [-0.4, -0.2) is 77.1 Å². The van der Waals surface area contributed by atoms with Crippen molar-refractivity contribution in [1.82, 2.24) is 15.1 Å². The highest BCUT2D eigenvalue weighted by molar-refractivity contribution is 7.91. The molecule has 2 N–H and O–H groups in total. The summed E-state index contributed by atoms with van der Waals surface area (Å²) >= 11 is 0. The van der Waals surface area contributed by atoms with Crippen LogP contribution in [0.25, 0.3) is 0 Å². The van der Waals surface area contributed by atoms with Crippen LogP contribution < -0.4 is 5.32 Å². The first-order valence-corrected chi connectivity index (χ1v) is 13.7. The number of amides is 3. The number of nitrogens with zero attached hydrogens (tertiary/aromatic N) is 2. The largest absolute Gasteiger partial charge is 0.417 e. The zero-order valence-corrected chi connectivity index (χ0v) is 20.2. The number of benzene rings is 1. The van der Waals surface area contributed by atoms with Crippen LogP contribution in [-0.2, 0) is 31.9 Å². The zero-order chi connectivity index (χ0) is 25.2. The Morgan fingerprint density at radius 2 is 2.00 bits per heavy atom. The molecule has 1 unspecified atom stereocenters. The molecule has 1 saturated carbocycles. The van der Waals surface area contributed by atoms with Crippen LogP contribution in [0.15, 0.2) is 23.1 Å². The van der Waals surface area contributed by atoms with E-state index >= 15 is 0 Å². The number of morpholine rings is 1. The lowest BCUT2D eigenvalue weighted by Gasteiger charge is -2.60. The Labute approximate surface area is 202 Å². The topological polar surface area (TPSA) is 103 Å². The monoisotopic (exact) mass is 514 g/mol. The smallest absolute Gasteiger partial charge is 0.366 e. The molecule has 1 spiro atoms. The maximum Gasteiger partial charge on any atom is 0.417 e. The third-order valence-electron chi connectivity index (χ3n) is 7.65. The van der Waals surface area contributed by atoms with E-state index in [1.165, 1.54) is 6.07 Å². The third kappa shape index (κ3) is 4.74. The second-order valence-corrected chi connectivity index (χ2v) is 12.7. The van der Waals surface area contributed by atoms with Crippen LogP contribution in [0.3, 0.4) is 0 Å². The van der Waals surface area contributed by atoms with Gasteiger partial charge in [0.2, 0.25) is 5.91 Å². The number of likely N-dealkylation sites (tertiary alicyclic amines) is 2. The number of urea groups is 1. The van der Waals surface area contributed by atoms with Crippen LogP contribution in [0.2, 0.25) is 0 Å². The number of rotatable bonds is 3. The van der Waals surface area contributed by atoms with E-state index in [2.05, 4.69) is 5.32 Å². The van der Waals surface area contributed by atoms with Crippen LogP contribution in [0, 0.1) is 16.1 Å². The van der Waals surface area contributed by atoms with Gasteiger partial charge in [0.1, 0.15) is 6.61 Å². The number of fused-ring (bicyclic) bond motifs is 1. The number of carbonyl (C=O) groups excluding carboxylic acids is 2. The molecule has 3 saturated heterocycles. The minimum Gasteiger partial charge on any atom is -0.366 e. The zero-order valence-electron chi connectivity index (χ0n) is 19.4. The van der Waals surface area contributed by atoms with Crippen LogP contribution >= 0.6 is 0 Å². The third-order valence-corrected chi connectivity index (χ3v) is 8.85. The first-order valence-electron chi connectivity index (χ1n) is 11.7. The molecule has 4 aliphatic rings. The number of ether oxygens (including phenoxy) is 1. The van der Waals surface area contributed by atoms with Gasteiger partial charge >= 0.3 is 12.2 Å². The molecule has 1 aromatic carbocycles. The summed E-state index contributed by atoms with van der Waals surface area (Å²) in [6.45, 7) is 2.36. The molecule has 3 heterocycles. The van der Waals surface area contributed by atoms with Crippen molar-refractivity contribution in [2.75, 3.05) is 39.0 Å². The van der Waals surface area contributed by atoms with E-state index in [-0.39, 0.29) is 42.0 Å². The number of nitrogens with one attached hydrogen (secondary N) is 2. The second-order valence-electron chi connectivity index (χ2n) is 10.5. The standard InChI is InChI=1S/C23H29F3N4O4S/c1-35(27,33)19-3-2-14(7-16(19)23(24,25)26)6-15-8-22(9-15)12-30(13-22)21(32)29-5-4-18-17(10-29)28-20(31)11-34-18/h2-3,7,15,17-18,27H,4-6,8-13H2,1H3,(H,28,31)/t17-,18+,35?/m1/s1. The van der Waals surface area contributed by atoms with Crippen molar-refractivity contribution < 1.29 is 31.7 Å². The molecule has 0 aromatic heterocycles. The van der Waals surface area contributed by atoms with Gasteiger partial charge in [0.25, 0.3) is 0 Å². The van der Waals surface area contributed by atoms with Gasteiger partial charge in [-0.1, -0.05) is 6.07 Å². The number of hydrogen-bond acceptors (Lipinski definition) is 5. The predicted octanol–water partition coefficient (Wildman–Crippen LogP) is 2.70. The van der Waals surface area contributed by atoms with E-state index in [1.54, 1.807) is 11.0 Å². The lowest BCUT2D eigenvalue weighted by molar-refractivity contribution is -0.140. The van der Waals surface area contributed by atoms with Crippen LogP contribution in [0.1, 0.15) is 30.4 Å². The number of carbonyl (C=O) groups is 2. The van der Waals surface area contributed by atoms with Gasteiger partial charge in [0, 0.05) is 37.8 Å². The lowest BCUT2D eigenvalue weighted by Crippen LogP contribution is -2.68. The molecule has 8 nitrogen and oxygen atoms in total. The molecular weight excluding hydrogens is 485 g/mol. The van der Waals surface area contributed by atoms with E-state index in [0.717, 1.165) is 25.2 Å². The summed E-state index contributed by atoms with van der Waals surface area (Å²) in [4.78, 5) is 27.6. The van der Waals surface area contributed by atoms with Crippen LogP contribution in [0.5, 0.6) is 0 Å². The Kier molecular flexibility index (Phi) is 5.82. The maximum absolute atomic E-state index is 13.5. The van der Waals surface area contributed by atoms with Gasteiger partial charge in [-0.3, -0.25) is 4.79 Å². The average Bonchev–Trinajstić information content (AvgIpc) is 2.72. The fourth-order valence-corrected chi connectivity index (χ4v) is 7.06. The quantitative estimate of drug-likeness (QED) is 0.648. The average molecular weight is 515 g/mol. The Morgan fingerprint density at radius 3 is 2.66 bits per heavy atom. The van der Waals surface area contributed by atoms with Crippen molar-refractivity contribution in [2.24, 2.45) is 11.3 Å². The van der Waals surface area contributed by atoms with Crippen molar-refractivity contribution in [3.05, 3.63) is 29.3 Å². The summed E-state index contributed by atoms with van der Waals surface area (Å²) in [5, 5.41) is 2.90. The molecular formula is C23H29F3N4O4S. The molecule has 0 bridgehead atoms. The molecule has 3 atom stereocenters. The summed E-state index contributed by atoms with van der Waals surface area (Å²) in [5.41, 5.74) is -0.432. The number of hydrogen-bond donors (Lipinski definition) is 2. The van der Waals surface area contributed by atoms with Gasteiger partial charge in [0.05, 0.1) is 32.3 Å². The predicted molar refractivity (Wildman–Crippen MR) is 120 cm³/mol. The Hall–Kier alpha value is -2.34. The number of piperidine rings is 1. The van der Waals surface area contributed by atoms with Gasteiger partial charge < -0.3 is 19.9 Å². The number of halogens is 3. The van der Waals surface area contributed by atoms with Crippen molar-refractivity contribution in [3.63, 3.8) is 0 Å². The van der Waals surface area contributed by atoms with E-state index in [9.17, 15) is 27.0 Å². The molecule has 3 amide bonds. The van der Waals surface area contributed by atoms with E-state index in [0.29, 0.717) is 44.6 Å². The van der Waals surface area contributed by atoms with E-state index in [1.807, 2.05) is 4.90 Å². The maximum atomic E-state index is 13.5. The minimum absolute atomic E-state index is 0.0343. The fraction of sp³-hybridized carbons (Fsp3) is 0.652. The first kappa shape index (κ1) is 24.4. The van der Waals surface area contributed by atoms with E-state index in [4.69, 9.17) is 9.52 Å². The summed E-state index contributed by atoms with van der Waals surface area (Å²) in [5.74, 6) is 0.0652. The second kappa shape index (κ2) is 8.36. The summed E-state index contributed by atoms with van der Waals surface area (Å²) in [6.07, 6.45) is -0.863. The molecule has 4 fully saturated rings. The highest BCUT2D eigenvalue weighted by Crippen LogP contribution is 2.53. The van der Waals surface area contributed by atoms with Gasteiger partial charge in [-0.15, -0.1) is 0 Å². The normalized spacial score (nSPS) is 27.9.